The number of carbonyl (C=O) groups is 2. The SMILES string of the molecule is COc1cccc(CCNC(=O)C2(C(=O)N3CCCC3)CC2)c1. The summed E-state index contributed by atoms with van der Waals surface area (Å²) in [5.41, 5.74) is 0.346. The molecule has 1 aromatic rings. The van der Waals surface area contributed by atoms with Gasteiger partial charge in [-0.3, -0.25) is 9.59 Å². The van der Waals surface area contributed by atoms with E-state index in [0.29, 0.717) is 19.4 Å². The molecule has 124 valence electrons. The van der Waals surface area contributed by atoms with Crippen molar-refractivity contribution in [3.63, 3.8) is 0 Å². The van der Waals surface area contributed by atoms with E-state index in [4.69, 9.17) is 4.74 Å². The monoisotopic (exact) mass is 316 g/mol. The molecule has 0 radical (unpaired) electrons. The van der Waals surface area contributed by atoms with E-state index in [0.717, 1.165) is 43.7 Å². The van der Waals surface area contributed by atoms with E-state index in [1.807, 2.05) is 29.2 Å². The van der Waals surface area contributed by atoms with E-state index < -0.39 is 5.41 Å². The lowest BCUT2D eigenvalue weighted by atomic mass is 10.0. The first-order valence-corrected chi connectivity index (χ1v) is 8.36. The van der Waals surface area contributed by atoms with Crippen molar-refractivity contribution in [1.82, 2.24) is 10.2 Å². The maximum absolute atomic E-state index is 12.5. The molecule has 1 heterocycles. The van der Waals surface area contributed by atoms with Crippen molar-refractivity contribution in [2.24, 2.45) is 5.41 Å². The number of methoxy groups -OCH3 is 1. The summed E-state index contributed by atoms with van der Waals surface area (Å²) in [6.45, 7) is 2.15. The highest BCUT2D eigenvalue weighted by molar-refractivity contribution is 6.07. The Bertz CT molecular complexity index is 590. The van der Waals surface area contributed by atoms with Crippen molar-refractivity contribution in [3.05, 3.63) is 29.8 Å². The molecule has 2 aliphatic rings. The van der Waals surface area contributed by atoms with Gasteiger partial charge in [-0.25, -0.2) is 0 Å². The number of nitrogens with zero attached hydrogens (tertiary/aromatic N) is 1. The van der Waals surface area contributed by atoms with Gasteiger partial charge in [0.05, 0.1) is 7.11 Å². The summed E-state index contributed by atoms with van der Waals surface area (Å²) < 4.78 is 5.20. The number of amides is 2. The first-order valence-electron chi connectivity index (χ1n) is 8.36. The van der Waals surface area contributed by atoms with E-state index in [-0.39, 0.29) is 11.8 Å². The molecular weight excluding hydrogens is 292 g/mol. The number of likely N-dealkylation sites (tertiary alicyclic amines) is 1. The molecule has 0 unspecified atom stereocenters. The van der Waals surface area contributed by atoms with Crippen LogP contribution < -0.4 is 10.1 Å². The highest BCUT2D eigenvalue weighted by Crippen LogP contribution is 2.47. The molecular formula is C18H24N2O3. The molecule has 1 aromatic carbocycles. The van der Waals surface area contributed by atoms with E-state index in [2.05, 4.69) is 5.32 Å². The van der Waals surface area contributed by atoms with Crippen molar-refractivity contribution in [2.75, 3.05) is 26.7 Å². The van der Waals surface area contributed by atoms with Gasteiger partial charge in [-0.05, 0) is 49.8 Å². The minimum Gasteiger partial charge on any atom is -0.497 e. The van der Waals surface area contributed by atoms with Crippen molar-refractivity contribution in [2.45, 2.75) is 32.1 Å². The standard InChI is InChI=1S/C18H24N2O3/c1-23-15-6-4-5-14(13-15)7-10-19-16(21)18(8-9-18)17(22)20-11-2-3-12-20/h4-6,13H,2-3,7-12H2,1H3,(H,19,21). The van der Waals surface area contributed by atoms with Gasteiger partial charge in [0.25, 0.3) is 0 Å². The molecule has 1 saturated carbocycles. The molecule has 5 heteroatoms. The topological polar surface area (TPSA) is 58.6 Å². The Morgan fingerprint density at radius 1 is 1.26 bits per heavy atom. The second-order valence-electron chi connectivity index (χ2n) is 6.44. The van der Waals surface area contributed by atoms with Crippen molar-refractivity contribution >= 4 is 11.8 Å². The molecule has 5 nitrogen and oxygen atoms in total. The predicted molar refractivity (Wildman–Crippen MR) is 87.2 cm³/mol. The van der Waals surface area contributed by atoms with Crippen LogP contribution in [0.5, 0.6) is 5.75 Å². The maximum Gasteiger partial charge on any atom is 0.238 e. The molecule has 0 spiro atoms. The number of nitrogens with one attached hydrogen (secondary N) is 1. The molecule has 1 N–H and O–H groups in total. The van der Waals surface area contributed by atoms with Gasteiger partial charge in [-0.15, -0.1) is 0 Å². The largest absolute Gasteiger partial charge is 0.497 e. The van der Waals surface area contributed by atoms with E-state index >= 15 is 0 Å². The van der Waals surface area contributed by atoms with Crippen LogP contribution in [0.1, 0.15) is 31.2 Å². The highest BCUT2D eigenvalue weighted by Gasteiger charge is 2.57. The molecule has 23 heavy (non-hydrogen) atoms. The molecule has 0 bridgehead atoms. The minimum absolute atomic E-state index is 0.0360. The molecule has 2 fully saturated rings. The summed E-state index contributed by atoms with van der Waals surface area (Å²) in [5, 5.41) is 2.95. The Morgan fingerprint density at radius 3 is 2.65 bits per heavy atom. The van der Waals surface area contributed by atoms with Gasteiger partial charge < -0.3 is 15.0 Å². The van der Waals surface area contributed by atoms with E-state index in [1.54, 1.807) is 7.11 Å². The summed E-state index contributed by atoms with van der Waals surface area (Å²) >= 11 is 0. The maximum atomic E-state index is 12.5. The van der Waals surface area contributed by atoms with Crippen LogP contribution in [0.4, 0.5) is 0 Å². The Hall–Kier alpha value is -2.04. The lowest BCUT2D eigenvalue weighted by molar-refractivity contribution is -0.143. The fourth-order valence-electron chi connectivity index (χ4n) is 3.20. The molecule has 3 rings (SSSR count). The quantitative estimate of drug-likeness (QED) is 0.814. The predicted octanol–water partition coefficient (Wildman–Crippen LogP) is 1.76. The lowest BCUT2D eigenvalue weighted by Crippen LogP contribution is -2.44. The van der Waals surface area contributed by atoms with Crippen molar-refractivity contribution in [1.29, 1.82) is 0 Å². The second kappa shape index (κ2) is 6.60. The first kappa shape index (κ1) is 15.8. The van der Waals surface area contributed by atoms with Gasteiger partial charge in [0.15, 0.2) is 0 Å². The van der Waals surface area contributed by atoms with Crippen LogP contribution in [0.3, 0.4) is 0 Å². The third-order valence-corrected chi connectivity index (χ3v) is 4.82. The van der Waals surface area contributed by atoms with Gasteiger partial charge in [0.1, 0.15) is 11.2 Å². The number of carbonyl (C=O) groups excluding carboxylic acids is 2. The van der Waals surface area contributed by atoms with Gasteiger partial charge >= 0.3 is 0 Å². The Balaban J connectivity index is 1.51. The van der Waals surface area contributed by atoms with Crippen LogP contribution in [-0.2, 0) is 16.0 Å². The van der Waals surface area contributed by atoms with Gasteiger partial charge in [0, 0.05) is 19.6 Å². The molecule has 0 atom stereocenters. The van der Waals surface area contributed by atoms with E-state index in [9.17, 15) is 9.59 Å². The van der Waals surface area contributed by atoms with Crippen LogP contribution >= 0.6 is 0 Å². The fourth-order valence-corrected chi connectivity index (χ4v) is 3.20. The first-order chi connectivity index (χ1) is 11.2. The minimum atomic E-state index is -0.765. The van der Waals surface area contributed by atoms with Gasteiger partial charge in [0.2, 0.25) is 11.8 Å². The highest BCUT2D eigenvalue weighted by atomic mass is 16.5. The van der Waals surface area contributed by atoms with Crippen LogP contribution in [0, 0.1) is 5.41 Å². The summed E-state index contributed by atoms with van der Waals surface area (Å²) in [7, 11) is 1.64. The molecule has 1 saturated heterocycles. The average Bonchev–Trinajstić information content (AvgIpc) is 3.21. The Labute approximate surface area is 137 Å². The summed E-state index contributed by atoms with van der Waals surface area (Å²) in [4.78, 5) is 26.8. The number of hydrogen-bond donors (Lipinski definition) is 1. The Morgan fingerprint density at radius 2 is 2.00 bits per heavy atom. The summed E-state index contributed by atoms with van der Waals surface area (Å²) in [5.74, 6) is 0.753. The average molecular weight is 316 g/mol. The Kier molecular flexibility index (Phi) is 4.55. The van der Waals surface area contributed by atoms with Crippen LogP contribution in [0.2, 0.25) is 0 Å². The third kappa shape index (κ3) is 3.33. The molecule has 2 amide bonds. The lowest BCUT2D eigenvalue weighted by Gasteiger charge is -2.22. The van der Waals surface area contributed by atoms with E-state index in [1.165, 1.54) is 0 Å². The smallest absolute Gasteiger partial charge is 0.238 e. The number of ether oxygens (including phenoxy) is 1. The zero-order chi connectivity index (χ0) is 16.3. The normalized spacial score (nSPS) is 18.6. The van der Waals surface area contributed by atoms with Crippen LogP contribution in [-0.4, -0.2) is 43.5 Å². The summed E-state index contributed by atoms with van der Waals surface area (Å²) in [6.07, 6.45) is 4.22. The summed E-state index contributed by atoms with van der Waals surface area (Å²) in [6, 6.07) is 7.82. The van der Waals surface area contributed by atoms with Crippen molar-refractivity contribution in [3.8, 4) is 5.75 Å². The zero-order valence-corrected chi connectivity index (χ0v) is 13.6. The number of rotatable bonds is 6. The molecule has 1 aliphatic heterocycles. The van der Waals surface area contributed by atoms with Crippen LogP contribution in [0.25, 0.3) is 0 Å². The molecule has 0 aromatic heterocycles. The molecule has 1 aliphatic carbocycles. The fraction of sp³-hybridized carbons (Fsp3) is 0.556. The van der Waals surface area contributed by atoms with Crippen LogP contribution in [0.15, 0.2) is 24.3 Å². The van der Waals surface area contributed by atoms with Gasteiger partial charge in [-0.1, -0.05) is 12.1 Å². The second-order valence-corrected chi connectivity index (χ2v) is 6.44. The third-order valence-electron chi connectivity index (χ3n) is 4.82. The number of hydrogen-bond acceptors (Lipinski definition) is 3. The zero-order valence-electron chi connectivity index (χ0n) is 13.6. The van der Waals surface area contributed by atoms with Gasteiger partial charge in [-0.2, -0.15) is 0 Å². The number of benzene rings is 1. The van der Waals surface area contributed by atoms with Crippen molar-refractivity contribution < 1.29 is 14.3 Å².